The Kier molecular flexibility index (Phi) is 13.1. The molecular formula is C35H49N5O5. The molecule has 0 aliphatic carbocycles. The molecule has 1 aliphatic heterocycles. The van der Waals surface area contributed by atoms with Crippen molar-refractivity contribution in [2.24, 2.45) is 17.8 Å². The van der Waals surface area contributed by atoms with Crippen molar-refractivity contribution >= 4 is 29.5 Å². The Morgan fingerprint density at radius 2 is 0.800 bits per heavy atom. The highest BCUT2D eigenvalue weighted by Crippen LogP contribution is 2.13. The summed E-state index contributed by atoms with van der Waals surface area (Å²) in [6, 6.07) is 13.6. The Morgan fingerprint density at radius 3 is 1.18 bits per heavy atom. The van der Waals surface area contributed by atoms with Crippen LogP contribution in [0, 0.1) is 17.8 Å². The Labute approximate surface area is 266 Å². The molecule has 0 bridgehead atoms. The molecule has 10 heteroatoms. The molecule has 5 amide bonds. The third kappa shape index (κ3) is 11.0. The lowest BCUT2D eigenvalue weighted by molar-refractivity contribution is -0.135. The predicted molar refractivity (Wildman–Crippen MR) is 174 cm³/mol. The van der Waals surface area contributed by atoms with Crippen molar-refractivity contribution in [2.75, 3.05) is 0 Å². The van der Waals surface area contributed by atoms with Gasteiger partial charge in [0.05, 0.1) is 0 Å². The number of carbonyl (C=O) groups is 5. The van der Waals surface area contributed by atoms with Gasteiger partial charge < -0.3 is 26.6 Å². The van der Waals surface area contributed by atoms with Crippen LogP contribution in [0.4, 0.5) is 0 Å². The quantitative estimate of drug-likeness (QED) is 0.293. The molecule has 1 heterocycles. The highest BCUT2D eigenvalue weighted by Gasteiger charge is 2.35. The Balaban J connectivity index is 2.08. The number of nitrogens with one attached hydrogen (secondary N) is 5. The van der Waals surface area contributed by atoms with Crippen LogP contribution in [0.5, 0.6) is 0 Å². The molecule has 5 N–H and O–H groups in total. The highest BCUT2D eigenvalue weighted by molar-refractivity contribution is 5.98. The molecule has 0 unspecified atom stereocenters. The lowest BCUT2D eigenvalue weighted by Crippen LogP contribution is -2.59. The molecule has 2 aromatic rings. The molecular weight excluding hydrogens is 570 g/mol. The Bertz CT molecular complexity index is 1300. The molecule has 5 atom stereocenters. The van der Waals surface area contributed by atoms with E-state index in [1.165, 1.54) is 0 Å². The van der Waals surface area contributed by atoms with Gasteiger partial charge in [0.25, 0.3) is 0 Å². The minimum atomic E-state index is -1.04. The van der Waals surface area contributed by atoms with Gasteiger partial charge in [0.15, 0.2) is 0 Å². The second-order valence-corrected chi connectivity index (χ2v) is 13.1. The second kappa shape index (κ2) is 16.7. The normalized spacial score (nSPS) is 23.8. The molecule has 10 nitrogen and oxygen atoms in total. The van der Waals surface area contributed by atoms with Crippen LogP contribution in [0.2, 0.25) is 0 Å². The number of hydrogen-bond donors (Lipinski definition) is 5. The lowest BCUT2D eigenvalue weighted by atomic mass is 9.98. The van der Waals surface area contributed by atoms with E-state index in [0.29, 0.717) is 12.8 Å². The van der Waals surface area contributed by atoms with Crippen molar-refractivity contribution < 1.29 is 24.0 Å². The molecule has 45 heavy (non-hydrogen) atoms. The summed E-state index contributed by atoms with van der Waals surface area (Å²) in [5.74, 6) is -2.81. The SMILES string of the molecule is CC(C)C[C@@H]1NC(=O)[C@H](CC(C)C)NC(=O)[C@H](C(C)C)NC(=O)[C@@H](Cc2ccccc2)NC(=O)[C@H](Cc2ccccc2)NC1=O. The summed E-state index contributed by atoms with van der Waals surface area (Å²) in [6.45, 7) is 11.4. The molecule has 0 radical (unpaired) electrons. The van der Waals surface area contributed by atoms with Gasteiger partial charge in [0.2, 0.25) is 29.5 Å². The van der Waals surface area contributed by atoms with Gasteiger partial charge in [-0.05, 0) is 41.7 Å². The van der Waals surface area contributed by atoms with Gasteiger partial charge in [-0.2, -0.15) is 0 Å². The van der Waals surface area contributed by atoms with Crippen LogP contribution in [0.15, 0.2) is 60.7 Å². The number of amides is 5. The molecule has 3 rings (SSSR count). The van der Waals surface area contributed by atoms with Gasteiger partial charge in [0.1, 0.15) is 30.2 Å². The Hall–Kier alpha value is -4.21. The van der Waals surface area contributed by atoms with E-state index in [-0.39, 0.29) is 30.6 Å². The van der Waals surface area contributed by atoms with Crippen LogP contribution in [-0.2, 0) is 36.8 Å². The standard InChI is InChI=1S/C35H49N5O5/c1-21(2)17-26-31(41)37-28(19-24-13-9-7-10-14-24)33(43)38-29(20-25-15-11-8-12-16-25)34(44)40-30(23(5)6)35(45)39-27(18-22(3)4)32(42)36-26/h7-16,21-23,26-30H,17-20H2,1-6H3,(H,36,42)(H,37,41)(H,38,43)(H,39,45)(H,40,44)/t26-,27-,28-,29+,30-/m0/s1. The summed E-state index contributed by atoms with van der Waals surface area (Å²) in [4.78, 5) is 68.8. The zero-order valence-corrected chi connectivity index (χ0v) is 27.3. The number of benzene rings is 2. The average Bonchev–Trinajstić information content (AvgIpc) is 2.98. The fraction of sp³-hybridized carbons (Fsp3) is 0.514. The predicted octanol–water partition coefficient (Wildman–Crippen LogP) is 2.66. The fourth-order valence-electron chi connectivity index (χ4n) is 5.39. The van der Waals surface area contributed by atoms with Gasteiger partial charge >= 0.3 is 0 Å². The van der Waals surface area contributed by atoms with Crippen molar-refractivity contribution in [1.29, 1.82) is 0 Å². The van der Waals surface area contributed by atoms with Crippen molar-refractivity contribution in [2.45, 2.75) is 97.4 Å². The summed E-state index contributed by atoms with van der Waals surface area (Å²) in [7, 11) is 0. The Morgan fingerprint density at radius 1 is 0.467 bits per heavy atom. The van der Waals surface area contributed by atoms with Gasteiger partial charge in [-0.3, -0.25) is 24.0 Å². The first-order valence-corrected chi connectivity index (χ1v) is 15.9. The van der Waals surface area contributed by atoms with Crippen molar-refractivity contribution in [3.63, 3.8) is 0 Å². The third-order valence-corrected chi connectivity index (χ3v) is 7.76. The van der Waals surface area contributed by atoms with Crippen molar-refractivity contribution in [3.8, 4) is 0 Å². The number of hydrogen-bond acceptors (Lipinski definition) is 5. The third-order valence-electron chi connectivity index (χ3n) is 7.76. The molecule has 1 fully saturated rings. The lowest BCUT2D eigenvalue weighted by Gasteiger charge is -2.28. The van der Waals surface area contributed by atoms with E-state index in [2.05, 4.69) is 26.6 Å². The van der Waals surface area contributed by atoms with Crippen LogP contribution < -0.4 is 26.6 Å². The van der Waals surface area contributed by atoms with Crippen LogP contribution >= 0.6 is 0 Å². The molecule has 1 aliphatic rings. The van der Waals surface area contributed by atoms with Gasteiger partial charge in [-0.15, -0.1) is 0 Å². The summed E-state index contributed by atoms with van der Waals surface area (Å²) in [5.41, 5.74) is 1.63. The van der Waals surface area contributed by atoms with Crippen molar-refractivity contribution in [3.05, 3.63) is 71.8 Å². The van der Waals surface area contributed by atoms with E-state index in [0.717, 1.165) is 11.1 Å². The summed E-state index contributed by atoms with van der Waals surface area (Å²) >= 11 is 0. The van der Waals surface area contributed by atoms with Gasteiger partial charge in [0, 0.05) is 12.8 Å². The monoisotopic (exact) mass is 619 g/mol. The van der Waals surface area contributed by atoms with Crippen LogP contribution in [0.25, 0.3) is 0 Å². The smallest absolute Gasteiger partial charge is 0.243 e. The number of carbonyl (C=O) groups excluding carboxylic acids is 5. The maximum atomic E-state index is 13.9. The van der Waals surface area contributed by atoms with Crippen LogP contribution in [0.1, 0.15) is 65.5 Å². The molecule has 244 valence electrons. The minimum Gasteiger partial charge on any atom is -0.343 e. The largest absolute Gasteiger partial charge is 0.343 e. The highest BCUT2D eigenvalue weighted by atomic mass is 16.2. The van der Waals surface area contributed by atoms with E-state index in [1.807, 2.05) is 88.4 Å². The summed E-state index contributed by atoms with van der Waals surface area (Å²) in [5, 5.41) is 14.3. The summed E-state index contributed by atoms with van der Waals surface area (Å²) in [6.07, 6.45) is 0.998. The molecule has 0 saturated carbocycles. The van der Waals surface area contributed by atoms with E-state index in [9.17, 15) is 24.0 Å². The maximum Gasteiger partial charge on any atom is 0.243 e. The van der Waals surface area contributed by atoms with E-state index < -0.39 is 59.7 Å². The van der Waals surface area contributed by atoms with Crippen LogP contribution in [-0.4, -0.2) is 59.7 Å². The van der Waals surface area contributed by atoms with E-state index in [4.69, 9.17) is 0 Å². The maximum absolute atomic E-state index is 13.9. The first-order valence-electron chi connectivity index (χ1n) is 15.9. The summed E-state index contributed by atoms with van der Waals surface area (Å²) < 4.78 is 0. The number of rotatable bonds is 9. The molecule has 1 saturated heterocycles. The average molecular weight is 620 g/mol. The van der Waals surface area contributed by atoms with Crippen molar-refractivity contribution in [1.82, 2.24) is 26.6 Å². The first-order chi connectivity index (χ1) is 21.3. The van der Waals surface area contributed by atoms with E-state index >= 15 is 0 Å². The fourth-order valence-corrected chi connectivity index (χ4v) is 5.39. The minimum absolute atomic E-state index is 0.0464. The van der Waals surface area contributed by atoms with E-state index in [1.54, 1.807) is 13.8 Å². The molecule has 0 aromatic heterocycles. The zero-order valence-electron chi connectivity index (χ0n) is 27.3. The second-order valence-electron chi connectivity index (χ2n) is 13.1. The van der Waals surface area contributed by atoms with Gasteiger partial charge in [-0.25, -0.2) is 0 Å². The first kappa shape index (κ1) is 35.3. The topological polar surface area (TPSA) is 146 Å². The van der Waals surface area contributed by atoms with Gasteiger partial charge in [-0.1, -0.05) is 102 Å². The molecule has 0 spiro atoms. The van der Waals surface area contributed by atoms with Crippen LogP contribution in [0.3, 0.4) is 0 Å². The molecule has 2 aromatic carbocycles. The zero-order chi connectivity index (χ0) is 33.1.